The molecule has 0 aliphatic carbocycles. The fraction of sp³-hybridized carbons (Fsp3) is 0.489. The van der Waals surface area contributed by atoms with Gasteiger partial charge in [-0.3, -0.25) is 4.79 Å². The van der Waals surface area contributed by atoms with Gasteiger partial charge in [0.2, 0.25) is 17.5 Å². The Balaban J connectivity index is 1.17. The smallest absolute Gasteiger partial charge is 0.331 e. The van der Waals surface area contributed by atoms with Crippen molar-refractivity contribution in [2.45, 2.75) is 124 Å². The second-order valence-electron chi connectivity index (χ2n) is 17.6. The average molecular weight is 1030 g/mol. The first kappa shape index (κ1) is 53.7. The molecular weight excluding hydrogens is 980 g/mol. The van der Waals surface area contributed by atoms with Gasteiger partial charge < -0.3 is 119 Å². The molecule has 26 nitrogen and oxygen atoms in total. The minimum absolute atomic E-state index is 0.0510. The van der Waals surface area contributed by atoms with Crippen LogP contribution < -0.4 is 10.2 Å². The average Bonchev–Trinajstić information content (AvgIpc) is 3.36. The van der Waals surface area contributed by atoms with E-state index in [9.17, 15) is 81.1 Å². The molecule has 14 N–H and O–H groups in total. The van der Waals surface area contributed by atoms with Gasteiger partial charge >= 0.3 is 5.97 Å². The number of ether oxygens (including phenoxy) is 9. The lowest BCUT2D eigenvalue weighted by molar-refractivity contribution is -0.365. The number of carbonyl (C=O) groups excluding carboxylic acids is 1. The van der Waals surface area contributed by atoms with Crippen LogP contribution in [0.5, 0.6) is 28.7 Å². The summed E-state index contributed by atoms with van der Waals surface area (Å²) in [5, 5.41) is 148. The lowest BCUT2D eigenvalue weighted by Crippen LogP contribution is -2.66. The summed E-state index contributed by atoms with van der Waals surface area (Å²) >= 11 is 0. The zero-order valence-electron chi connectivity index (χ0n) is 38.2. The molecule has 73 heavy (non-hydrogen) atoms. The number of hydrogen-bond acceptors (Lipinski definition) is 26. The minimum atomic E-state index is -2.15. The van der Waals surface area contributed by atoms with E-state index in [1.54, 1.807) is 0 Å². The first-order valence-electron chi connectivity index (χ1n) is 22.6. The van der Waals surface area contributed by atoms with Crippen molar-refractivity contribution >= 4 is 23.0 Å². The summed E-state index contributed by atoms with van der Waals surface area (Å²) in [6.45, 7) is -0.972. The van der Waals surface area contributed by atoms with Crippen LogP contribution >= 0.6 is 0 Å². The number of benzene rings is 3. The maximum Gasteiger partial charge on any atom is 0.331 e. The Kier molecular flexibility index (Phi) is 16.5. The molecule has 4 saturated heterocycles. The molecule has 4 fully saturated rings. The van der Waals surface area contributed by atoms with Crippen LogP contribution in [0.3, 0.4) is 0 Å². The van der Waals surface area contributed by atoms with Crippen molar-refractivity contribution < 1.29 is 123 Å². The molecule has 3 aromatic carbocycles. The Labute approximate surface area is 411 Å². The number of rotatable bonds is 14. The SMILES string of the molecule is C[C@@H]1O[C@@H](OC[C@H]2O[C@@H](Oc3c(-c4ccc(O)cc4)oc4cc(O)cc(O)c4c3=O)[C@H](OC(=O)/C=C/c3ccc(O)cc3)[C@@H](O[C@@H]3OC[C@H](O)[C@H](O)[C@H]3O)[C@@H]2O)[C@H](O)[C@H](O[C@@H]2O[C@H](CO)[C@@H](O)[C@H](O)[C@H]2O)[C@H]1O. The van der Waals surface area contributed by atoms with Gasteiger partial charge in [0.25, 0.3) is 0 Å². The largest absolute Gasteiger partial charge is 0.508 e. The molecule has 26 heteroatoms. The molecule has 4 aliphatic rings. The van der Waals surface area contributed by atoms with Crippen LogP contribution in [0, 0.1) is 0 Å². The number of phenolic OH excluding ortho intramolecular Hbond substituents is 4. The number of hydrogen-bond donors (Lipinski definition) is 14. The van der Waals surface area contributed by atoms with Gasteiger partial charge in [0, 0.05) is 23.8 Å². The number of aliphatic hydroxyl groups is 10. The third-order valence-electron chi connectivity index (χ3n) is 12.5. The van der Waals surface area contributed by atoms with Gasteiger partial charge in [0.05, 0.1) is 25.9 Å². The first-order valence-corrected chi connectivity index (χ1v) is 22.6. The number of phenols is 4. The second kappa shape index (κ2) is 22.5. The van der Waals surface area contributed by atoms with Crippen molar-refractivity contribution in [1.29, 1.82) is 0 Å². The zero-order valence-corrected chi connectivity index (χ0v) is 38.2. The number of aliphatic hydroxyl groups excluding tert-OH is 10. The molecule has 5 heterocycles. The fourth-order valence-corrected chi connectivity index (χ4v) is 8.50. The second-order valence-corrected chi connectivity index (χ2v) is 17.6. The van der Waals surface area contributed by atoms with Gasteiger partial charge in [-0.1, -0.05) is 12.1 Å². The highest BCUT2D eigenvalue weighted by molar-refractivity contribution is 5.88. The maximum atomic E-state index is 14.5. The normalized spacial score (nSPS) is 36.0. The third-order valence-corrected chi connectivity index (χ3v) is 12.5. The summed E-state index contributed by atoms with van der Waals surface area (Å²) in [5.41, 5.74) is -1.02. The van der Waals surface area contributed by atoms with E-state index in [-0.39, 0.29) is 22.6 Å². The lowest BCUT2D eigenvalue weighted by atomic mass is 9.97. The topological polar surface area (TPSA) is 414 Å². The van der Waals surface area contributed by atoms with Crippen LogP contribution in [0.25, 0.3) is 28.4 Å². The number of aromatic hydroxyl groups is 4. The molecule has 0 bridgehead atoms. The Hall–Kier alpha value is -5.60. The summed E-state index contributed by atoms with van der Waals surface area (Å²) in [6.07, 6.45) is -32.6. The third kappa shape index (κ3) is 11.4. The van der Waals surface area contributed by atoms with E-state index in [1.165, 1.54) is 61.5 Å². The first-order chi connectivity index (χ1) is 34.7. The van der Waals surface area contributed by atoms with Crippen molar-refractivity contribution in [2.75, 3.05) is 19.8 Å². The van der Waals surface area contributed by atoms with Crippen molar-refractivity contribution in [3.05, 3.63) is 82.5 Å². The monoisotopic (exact) mass is 1030 g/mol. The van der Waals surface area contributed by atoms with Crippen LogP contribution in [0.1, 0.15) is 12.5 Å². The van der Waals surface area contributed by atoms with E-state index in [0.29, 0.717) is 5.56 Å². The summed E-state index contributed by atoms with van der Waals surface area (Å²) in [5.74, 6) is -3.94. The van der Waals surface area contributed by atoms with Crippen LogP contribution in [0.15, 0.2) is 76.0 Å². The van der Waals surface area contributed by atoms with Crippen molar-refractivity contribution in [3.63, 3.8) is 0 Å². The lowest BCUT2D eigenvalue weighted by Gasteiger charge is -2.47. The van der Waals surface area contributed by atoms with Crippen LogP contribution in [0.2, 0.25) is 0 Å². The zero-order chi connectivity index (χ0) is 52.6. The van der Waals surface area contributed by atoms with Crippen molar-refractivity contribution in [3.8, 4) is 40.1 Å². The number of esters is 1. The van der Waals surface area contributed by atoms with Crippen molar-refractivity contribution in [2.24, 2.45) is 0 Å². The van der Waals surface area contributed by atoms with Crippen LogP contribution in [-0.4, -0.2) is 214 Å². The molecule has 0 unspecified atom stereocenters. The standard InChI is InChI=1S/C47H54O26/c1-17-30(55)40(71-46-37(62)35(60)32(57)26(14-48)68-46)38(63)45(66-17)65-16-27-33(58)41(72-44-36(61)31(56)24(53)15-64-44)43(70-28(54)11-4-18-2-7-20(49)8-3-18)47(69-27)73-42-34(59)29-23(52)12-22(51)13-25(29)67-39(42)19-5-9-21(50)10-6-19/h2-13,17,24,26-27,30-33,35-38,40-41,43-53,55-58,60-63H,14-16H2,1H3/b11-4+/t17-,24-,26+,27+,30-,31-,32+,33+,35-,36+,37+,38+,40+,41-,43+,44-,45+,46-,47-/m0/s1. The molecule has 4 aromatic rings. The highest BCUT2D eigenvalue weighted by atomic mass is 16.8. The van der Waals surface area contributed by atoms with E-state index in [4.69, 9.17) is 47.0 Å². The summed E-state index contributed by atoms with van der Waals surface area (Å²) in [7, 11) is 0. The van der Waals surface area contributed by atoms with Crippen LogP contribution in [0.4, 0.5) is 0 Å². The predicted octanol–water partition coefficient (Wildman–Crippen LogP) is -3.14. The van der Waals surface area contributed by atoms with Gasteiger partial charge in [-0.2, -0.15) is 0 Å². The van der Waals surface area contributed by atoms with E-state index in [0.717, 1.165) is 18.2 Å². The van der Waals surface area contributed by atoms with Gasteiger partial charge in [0.1, 0.15) is 113 Å². The number of carbonyl (C=O) groups is 1. The highest BCUT2D eigenvalue weighted by Crippen LogP contribution is 2.39. The van der Waals surface area contributed by atoms with E-state index in [1.807, 2.05) is 0 Å². The highest BCUT2D eigenvalue weighted by Gasteiger charge is 2.55. The van der Waals surface area contributed by atoms with Crippen LogP contribution in [-0.2, 0) is 42.7 Å². The molecule has 0 saturated carbocycles. The molecule has 398 valence electrons. The Bertz CT molecular complexity index is 2610. The fourth-order valence-electron chi connectivity index (χ4n) is 8.50. The Morgan fingerprint density at radius 2 is 1.30 bits per heavy atom. The molecule has 1 aromatic heterocycles. The molecule has 19 atom stereocenters. The summed E-state index contributed by atoms with van der Waals surface area (Å²) < 4.78 is 58.6. The van der Waals surface area contributed by atoms with Crippen molar-refractivity contribution in [1.82, 2.24) is 0 Å². The molecule has 0 spiro atoms. The van der Waals surface area contributed by atoms with Gasteiger partial charge in [-0.05, 0) is 55.0 Å². The van der Waals surface area contributed by atoms with Gasteiger partial charge in [-0.25, -0.2) is 4.79 Å². The van der Waals surface area contributed by atoms with E-state index < -0.39 is 176 Å². The number of fused-ring (bicyclic) bond motifs is 1. The maximum absolute atomic E-state index is 14.5. The van der Waals surface area contributed by atoms with E-state index in [2.05, 4.69) is 0 Å². The minimum Gasteiger partial charge on any atom is -0.508 e. The Morgan fingerprint density at radius 1 is 0.658 bits per heavy atom. The van der Waals surface area contributed by atoms with E-state index >= 15 is 0 Å². The molecular formula is C47H54O26. The summed E-state index contributed by atoms with van der Waals surface area (Å²) in [4.78, 5) is 28.3. The van der Waals surface area contributed by atoms with Gasteiger partial charge in [-0.15, -0.1) is 0 Å². The molecule has 4 aliphatic heterocycles. The molecule has 8 rings (SSSR count). The quantitative estimate of drug-likeness (QED) is 0.0438. The molecule has 0 amide bonds. The van der Waals surface area contributed by atoms with Gasteiger partial charge in [0.15, 0.2) is 30.7 Å². The molecule has 0 radical (unpaired) electrons. The Morgan fingerprint density at radius 3 is 1.99 bits per heavy atom. The predicted molar refractivity (Wildman–Crippen MR) is 239 cm³/mol. The summed E-state index contributed by atoms with van der Waals surface area (Å²) in [6, 6.07) is 12.5.